The molecule has 0 aromatic carbocycles. The van der Waals surface area contributed by atoms with E-state index in [9.17, 15) is 4.79 Å². The van der Waals surface area contributed by atoms with Gasteiger partial charge >= 0.3 is 6.03 Å². The lowest BCUT2D eigenvalue weighted by molar-refractivity contribution is 0.244. The molecule has 3 nitrogen and oxygen atoms in total. The lowest BCUT2D eigenvalue weighted by atomic mass is 11.2. The molecule has 0 aliphatic heterocycles. The standard InChI is InChI=1S/CH4N2OS3/c4-1(2-5)3(6)7/h5-7H,(H,2,4). The number of urea groups is 1. The van der Waals surface area contributed by atoms with E-state index in [2.05, 4.69) is 38.4 Å². The van der Waals surface area contributed by atoms with E-state index >= 15 is 0 Å². The van der Waals surface area contributed by atoms with E-state index in [-0.39, 0.29) is 0 Å². The average molecular weight is 156 g/mol. The molecule has 42 valence electrons. The lowest BCUT2D eigenvalue weighted by Crippen LogP contribution is -2.20. The van der Waals surface area contributed by atoms with Crippen LogP contribution in [0.3, 0.4) is 0 Å². The van der Waals surface area contributed by atoms with E-state index in [1.54, 1.807) is 0 Å². The van der Waals surface area contributed by atoms with E-state index in [0.29, 0.717) is 0 Å². The fraction of sp³-hybridized carbons (Fsp3) is 0. The van der Waals surface area contributed by atoms with Crippen LogP contribution in [0.4, 0.5) is 4.79 Å². The first kappa shape index (κ1) is 7.32. The lowest BCUT2D eigenvalue weighted by Gasteiger charge is -2.02. The normalized spacial score (nSPS) is 7.86. The molecule has 6 heteroatoms. The molecule has 0 radical (unpaired) electrons. The summed E-state index contributed by atoms with van der Waals surface area (Å²) in [5.74, 6) is 0. The van der Waals surface area contributed by atoms with Gasteiger partial charge in [0.2, 0.25) is 0 Å². The van der Waals surface area contributed by atoms with Gasteiger partial charge in [-0.3, -0.25) is 4.72 Å². The van der Waals surface area contributed by atoms with Crippen molar-refractivity contribution < 1.29 is 4.79 Å². The molecule has 0 aliphatic rings. The summed E-state index contributed by atoms with van der Waals surface area (Å²) < 4.78 is 2.78. The number of hydrogen-bond acceptors (Lipinski definition) is 4. The van der Waals surface area contributed by atoms with Crippen molar-refractivity contribution in [3.05, 3.63) is 0 Å². The maximum Gasteiger partial charge on any atom is 0.347 e. The van der Waals surface area contributed by atoms with E-state index in [1.807, 2.05) is 4.72 Å². The zero-order valence-corrected chi connectivity index (χ0v) is 5.88. The van der Waals surface area contributed by atoms with Crippen LogP contribution in [-0.4, -0.2) is 9.74 Å². The van der Waals surface area contributed by atoms with Crippen LogP contribution in [0.25, 0.3) is 0 Å². The van der Waals surface area contributed by atoms with Crippen LogP contribution in [0.1, 0.15) is 0 Å². The highest BCUT2D eigenvalue weighted by Gasteiger charge is 1.98. The molecule has 1 N–H and O–H groups in total. The number of carbonyl (C=O) groups is 1. The fourth-order valence-corrected chi connectivity index (χ4v) is 0.402. The summed E-state index contributed by atoms with van der Waals surface area (Å²) in [6.45, 7) is 0. The van der Waals surface area contributed by atoms with Gasteiger partial charge in [-0.15, -0.1) is 0 Å². The van der Waals surface area contributed by atoms with Crippen LogP contribution in [0.2, 0.25) is 0 Å². The molecule has 0 bridgehead atoms. The molecule has 0 heterocycles. The van der Waals surface area contributed by atoms with Gasteiger partial charge in [0.05, 0.1) is 0 Å². The summed E-state index contributed by atoms with van der Waals surface area (Å²) in [6.07, 6.45) is 0. The molecule has 0 aromatic rings. The van der Waals surface area contributed by atoms with Gasteiger partial charge in [-0.1, -0.05) is 38.4 Å². The van der Waals surface area contributed by atoms with Crippen molar-refractivity contribution in [3.8, 4) is 0 Å². The molecule has 0 unspecified atom stereocenters. The van der Waals surface area contributed by atoms with Crippen molar-refractivity contribution in [1.29, 1.82) is 0 Å². The van der Waals surface area contributed by atoms with Crippen LogP contribution >= 0.6 is 38.4 Å². The Balaban J connectivity index is 3.35. The second-order valence-electron chi connectivity index (χ2n) is 0.706. The summed E-state index contributed by atoms with van der Waals surface area (Å²) in [7, 11) is 0. The second kappa shape index (κ2) is 3.34. The number of nitrogens with zero attached hydrogens (tertiary/aromatic N) is 1. The third-order valence-corrected chi connectivity index (χ3v) is 0.832. The molecular formula is CH4N2OS3. The highest BCUT2D eigenvalue weighted by atomic mass is 32.2. The van der Waals surface area contributed by atoms with E-state index < -0.39 is 6.03 Å². The minimum atomic E-state index is -0.477. The predicted molar refractivity (Wildman–Crippen MR) is 37.3 cm³/mol. The highest BCUT2D eigenvalue weighted by Crippen LogP contribution is 1.95. The Morgan fingerprint density at radius 1 is 1.57 bits per heavy atom. The topological polar surface area (TPSA) is 32.3 Å². The fourth-order valence-electron chi connectivity index (χ4n) is 0.0447. The van der Waals surface area contributed by atoms with Gasteiger partial charge in [0.25, 0.3) is 0 Å². The molecule has 0 atom stereocenters. The van der Waals surface area contributed by atoms with Crippen molar-refractivity contribution in [1.82, 2.24) is 8.43 Å². The summed E-state index contributed by atoms with van der Waals surface area (Å²) in [6, 6.07) is -0.477. The largest absolute Gasteiger partial charge is 0.347 e. The van der Waals surface area contributed by atoms with E-state index in [4.69, 9.17) is 0 Å². The zero-order chi connectivity index (χ0) is 5.86. The van der Waals surface area contributed by atoms with Gasteiger partial charge in [-0.2, -0.15) is 0 Å². The minimum absolute atomic E-state index is 0.477. The molecule has 0 fully saturated rings. The molecule has 0 aromatic heterocycles. The van der Waals surface area contributed by atoms with Crippen LogP contribution < -0.4 is 4.72 Å². The first-order valence-electron chi connectivity index (χ1n) is 1.30. The number of rotatable bonds is 0. The number of thiol groups is 3. The quantitative estimate of drug-likeness (QED) is 0.379. The van der Waals surface area contributed by atoms with Crippen molar-refractivity contribution >= 4 is 44.5 Å². The molecular weight excluding hydrogens is 152 g/mol. The van der Waals surface area contributed by atoms with Crippen molar-refractivity contribution in [2.75, 3.05) is 0 Å². The number of amides is 2. The summed E-state index contributed by atoms with van der Waals surface area (Å²) >= 11 is 10.4. The van der Waals surface area contributed by atoms with Gasteiger partial charge in [-0.25, -0.2) is 8.51 Å². The average Bonchev–Trinajstić information content (AvgIpc) is 1.65. The van der Waals surface area contributed by atoms with Crippen molar-refractivity contribution in [2.24, 2.45) is 0 Å². The number of nitrogens with one attached hydrogen (secondary N) is 1. The molecule has 7 heavy (non-hydrogen) atoms. The zero-order valence-electron chi connectivity index (χ0n) is 3.20. The van der Waals surface area contributed by atoms with E-state index in [1.165, 1.54) is 0 Å². The highest BCUT2D eigenvalue weighted by molar-refractivity contribution is 7.94. The Hall–Kier alpha value is 0.320. The smallest absolute Gasteiger partial charge is 0.283 e. The second-order valence-corrected chi connectivity index (χ2v) is 2.05. The molecule has 2 amide bonds. The van der Waals surface area contributed by atoms with Gasteiger partial charge in [0.15, 0.2) is 0 Å². The van der Waals surface area contributed by atoms with Gasteiger partial charge in [0.1, 0.15) is 0 Å². The Morgan fingerprint density at radius 3 is 2.00 bits per heavy atom. The summed E-state index contributed by atoms with van der Waals surface area (Å²) in [5.41, 5.74) is 0. The molecule has 0 saturated heterocycles. The van der Waals surface area contributed by atoms with E-state index in [0.717, 1.165) is 3.71 Å². The third-order valence-electron chi connectivity index (χ3n) is 0.277. The van der Waals surface area contributed by atoms with Crippen LogP contribution in [-0.2, 0) is 0 Å². The third kappa shape index (κ3) is 2.95. The maximum absolute atomic E-state index is 10.1. The predicted octanol–water partition coefficient (Wildman–Crippen LogP) is 0.532. The number of hydrogen-bond donors (Lipinski definition) is 4. The number of carbonyl (C=O) groups excluding carboxylic acids is 1. The van der Waals surface area contributed by atoms with Crippen LogP contribution in [0.15, 0.2) is 0 Å². The Kier molecular flexibility index (Phi) is 3.49. The van der Waals surface area contributed by atoms with Gasteiger partial charge in [-0.05, 0) is 0 Å². The van der Waals surface area contributed by atoms with Gasteiger partial charge in [0, 0.05) is 0 Å². The van der Waals surface area contributed by atoms with Crippen LogP contribution in [0, 0.1) is 0 Å². The Bertz CT molecular complexity index is 73.3. The maximum atomic E-state index is 10.1. The summed E-state index contributed by atoms with van der Waals surface area (Å²) in [5, 5.41) is 0. The SMILES string of the molecule is O=C(NS)N(S)S. The van der Waals surface area contributed by atoms with Gasteiger partial charge < -0.3 is 0 Å². The van der Waals surface area contributed by atoms with Crippen molar-refractivity contribution in [2.45, 2.75) is 0 Å². The van der Waals surface area contributed by atoms with Crippen molar-refractivity contribution in [3.63, 3.8) is 0 Å². The molecule has 0 aliphatic carbocycles. The minimum Gasteiger partial charge on any atom is -0.283 e. The Labute approximate surface area is 58.1 Å². The first-order valence-corrected chi connectivity index (χ1v) is 2.55. The monoisotopic (exact) mass is 156 g/mol. The first-order chi connectivity index (χ1) is 3.18. The molecule has 0 spiro atoms. The summed E-state index contributed by atoms with van der Waals surface area (Å²) in [4.78, 5) is 10.1. The Morgan fingerprint density at radius 2 is 2.00 bits per heavy atom. The van der Waals surface area contributed by atoms with Crippen LogP contribution in [0.5, 0.6) is 0 Å². The molecule has 0 rings (SSSR count). The molecule has 0 saturated carbocycles.